The molecule has 0 bridgehead atoms. The van der Waals surface area contributed by atoms with Gasteiger partial charge in [0.15, 0.2) is 5.78 Å². The maximum absolute atomic E-state index is 11.4. The van der Waals surface area contributed by atoms with Gasteiger partial charge in [0.2, 0.25) is 0 Å². The fraction of sp³-hybridized carbons (Fsp3) is 0.600. The van der Waals surface area contributed by atoms with Crippen LogP contribution in [0.2, 0.25) is 8.87 Å². The molecule has 140 valence electrons. The molecule has 1 aliphatic rings. The van der Waals surface area contributed by atoms with Gasteiger partial charge in [0, 0.05) is 11.8 Å². The fourth-order valence-electron chi connectivity index (χ4n) is 2.06. The quantitative estimate of drug-likeness (QED) is 0.292. The van der Waals surface area contributed by atoms with E-state index in [1.165, 1.54) is 38.0 Å². The van der Waals surface area contributed by atoms with E-state index in [9.17, 15) is 9.59 Å². The van der Waals surface area contributed by atoms with E-state index in [2.05, 4.69) is 19.2 Å². The molecule has 1 aliphatic carbocycles. The van der Waals surface area contributed by atoms with Gasteiger partial charge in [0.05, 0.1) is 0 Å². The molecule has 0 aromatic carbocycles. The van der Waals surface area contributed by atoms with Crippen LogP contribution >= 0.6 is 0 Å². The Morgan fingerprint density at radius 1 is 1.16 bits per heavy atom. The van der Waals surface area contributed by atoms with Crippen molar-refractivity contribution in [1.29, 1.82) is 0 Å². The van der Waals surface area contributed by atoms with Crippen LogP contribution in [0.1, 0.15) is 53.4 Å². The van der Waals surface area contributed by atoms with Gasteiger partial charge in [-0.2, -0.15) is 0 Å². The molecule has 2 N–H and O–H groups in total. The van der Waals surface area contributed by atoms with Gasteiger partial charge in [0.25, 0.3) is 0 Å². The summed E-state index contributed by atoms with van der Waals surface area (Å²) >= 11 is 0.149. The molecule has 1 rings (SSSR count). The Hall–Kier alpha value is -1.04. The molecule has 4 nitrogen and oxygen atoms in total. The van der Waals surface area contributed by atoms with E-state index in [4.69, 9.17) is 5.11 Å². The van der Waals surface area contributed by atoms with Crippen LogP contribution in [0, 0.1) is 5.92 Å². The number of carboxylic acids is 1. The van der Waals surface area contributed by atoms with Crippen molar-refractivity contribution >= 4 is 32.9 Å². The Labute approximate surface area is 163 Å². The Bertz CT molecular complexity index is 475. The monoisotopic (exact) mass is 455 g/mol. The molecule has 0 fully saturated rings. The number of carbonyl (C=O) groups excluding carboxylic acids is 1. The van der Waals surface area contributed by atoms with Crippen molar-refractivity contribution in [2.75, 3.05) is 0 Å². The molecular weight excluding hydrogens is 421 g/mol. The van der Waals surface area contributed by atoms with Gasteiger partial charge in [-0.15, -0.1) is 0 Å². The summed E-state index contributed by atoms with van der Waals surface area (Å²) in [6.07, 6.45) is 13.8. The maximum atomic E-state index is 11.4. The molecule has 5 heteroatoms. The van der Waals surface area contributed by atoms with Gasteiger partial charge < -0.3 is 10.4 Å². The zero-order valence-corrected chi connectivity index (χ0v) is 18.9. The molecule has 0 amide bonds. The fourth-order valence-corrected chi connectivity index (χ4v) is 6.22. The first-order chi connectivity index (χ1) is 11.9. The van der Waals surface area contributed by atoms with E-state index >= 15 is 0 Å². The summed E-state index contributed by atoms with van der Waals surface area (Å²) in [4.78, 5) is 22.2. The van der Waals surface area contributed by atoms with Crippen LogP contribution in [0.15, 0.2) is 36.1 Å². The van der Waals surface area contributed by atoms with E-state index in [1.807, 2.05) is 13.8 Å². The van der Waals surface area contributed by atoms with Gasteiger partial charge in [0.1, 0.15) is 6.04 Å². The average Bonchev–Trinajstić information content (AvgIpc) is 2.56. The summed E-state index contributed by atoms with van der Waals surface area (Å²) in [5.41, 5.74) is 0.467. The Balaban J connectivity index is 0.000000547. The number of aliphatic carboxylic acids is 1. The summed E-state index contributed by atoms with van der Waals surface area (Å²) in [7, 11) is 0. The number of hydrogen-bond acceptors (Lipinski definition) is 3. The van der Waals surface area contributed by atoms with Crippen molar-refractivity contribution in [3.05, 3.63) is 36.1 Å². The predicted octanol–water partition coefficient (Wildman–Crippen LogP) is 4.39. The molecule has 1 atom stereocenters. The van der Waals surface area contributed by atoms with E-state index in [-0.39, 0.29) is 32.8 Å². The van der Waals surface area contributed by atoms with Crippen molar-refractivity contribution in [2.24, 2.45) is 5.92 Å². The van der Waals surface area contributed by atoms with Crippen molar-refractivity contribution in [3.63, 3.8) is 0 Å². The SMILES string of the molecule is CC(C)C(N/C=C1/C=CC=CC1=O)C(=O)O.CCC[CH2][Sn][CH2]CCC. The van der Waals surface area contributed by atoms with Crippen LogP contribution in [0.5, 0.6) is 0 Å². The summed E-state index contributed by atoms with van der Waals surface area (Å²) in [6.45, 7) is 8.20. The molecule has 2 radical (unpaired) electrons. The van der Waals surface area contributed by atoms with Crippen LogP contribution in [0.4, 0.5) is 0 Å². The number of allylic oxidation sites excluding steroid dienone is 5. The third kappa shape index (κ3) is 12.0. The van der Waals surface area contributed by atoms with E-state index in [1.54, 1.807) is 27.1 Å². The van der Waals surface area contributed by atoms with E-state index in [0.29, 0.717) is 5.57 Å². The Morgan fingerprint density at radius 3 is 2.16 bits per heavy atom. The first kappa shape index (κ1) is 24.0. The topological polar surface area (TPSA) is 66.4 Å². The standard InChI is InChI=1S/C12H15NO3.2C4H9.Sn/c1-8(2)11(12(15)16)13-7-9-5-3-4-6-10(9)14;2*1-3-4-2;/h3-8,11,13H,1-2H3,(H,15,16);2*1,3-4H2,2H3;/b9-7-;;;. The number of carboxylic acid groups (broad SMARTS) is 1. The zero-order valence-electron chi connectivity index (χ0n) is 16.0. The summed E-state index contributed by atoms with van der Waals surface area (Å²) < 4.78 is 3.25. The minimum atomic E-state index is -0.922. The van der Waals surface area contributed by atoms with Crippen molar-refractivity contribution in [3.8, 4) is 0 Å². The Kier molecular flexibility index (Phi) is 14.6. The zero-order chi connectivity index (χ0) is 19.1. The first-order valence-corrected chi connectivity index (χ1v) is 13.3. The molecule has 25 heavy (non-hydrogen) atoms. The second-order valence-corrected chi connectivity index (χ2v) is 10.6. The van der Waals surface area contributed by atoms with Gasteiger partial charge in [-0.1, -0.05) is 26.0 Å². The molecule has 0 spiro atoms. The third-order valence-corrected chi connectivity index (χ3v) is 7.72. The van der Waals surface area contributed by atoms with Gasteiger partial charge in [-0.25, -0.2) is 4.79 Å². The third-order valence-electron chi connectivity index (χ3n) is 3.68. The molecule has 0 aromatic rings. The second-order valence-electron chi connectivity index (χ2n) is 6.37. The van der Waals surface area contributed by atoms with Gasteiger partial charge in [-0.05, 0) is 18.1 Å². The number of hydrogen-bond donors (Lipinski definition) is 2. The number of rotatable bonds is 10. The van der Waals surface area contributed by atoms with Crippen molar-refractivity contribution in [1.82, 2.24) is 5.32 Å². The van der Waals surface area contributed by atoms with E-state index in [0.717, 1.165) is 0 Å². The summed E-state index contributed by atoms with van der Waals surface area (Å²) in [5, 5.41) is 11.7. The molecule has 1 unspecified atom stereocenters. The van der Waals surface area contributed by atoms with Crippen molar-refractivity contribution < 1.29 is 14.7 Å². The normalized spacial score (nSPS) is 15.9. The van der Waals surface area contributed by atoms with Gasteiger partial charge >= 0.3 is 75.5 Å². The van der Waals surface area contributed by atoms with Crippen LogP contribution in [-0.4, -0.2) is 44.0 Å². The number of carbonyl (C=O) groups is 2. The molecule has 0 saturated carbocycles. The predicted molar refractivity (Wildman–Crippen MR) is 106 cm³/mol. The van der Waals surface area contributed by atoms with Crippen LogP contribution in [0.25, 0.3) is 0 Å². The number of nitrogens with one attached hydrogen (secondary N) is 1. The average molecular weight is 454 g/mol. The number of unbranched alkanes of at least 4 members (excludes halogenated alkanes) is 2. The summed E-state index contributed by atoms with van der Waals surface area (Å²) in [5.74, 6) is -1.09. The van der Waals surface area contributed by atoms with Gasteiger partial charge in [-0.3, -0.25) is 4.79 Å². The first-order valence-electron chi connectivity index (χ1n) is 9.22. The number of ketones is 1. The molecule has 0 heterocycles. The molecule has 0 aliphatic heterocycles. The molecule has 0 saturated heterocycles. The van der Waals surface area contributed by atoms with Crippen LogP contribution < -0.4 is 5.32 Å². The Morgan fingerprint density at radius 2 is 1.72 bits per heavy atom. The second kappa shape index (κ2) is 15.2. The molecular formula is C20H33NO3Sn. The molecule has 0 aromatic heterocycles. The minimum absolute atomic E-state index is 0.0486. The van der Waals surface area contributed by atoms with Crippen LogP contribution in [-0.2, 0) is 9.59 Å². The summed E-state index contributed by atoms with van der Waals surface area (Å²) in [6, 6.07) is -0.681. The van der Waals surface area contributed by atoms with Crippen LogP contribution in [0.3, 0.4) is 0 Å². The van der Waals surface area contributed by atoms with E-state index < -0.39 is 12.0 Å². The van der Waals surface area contributed by atoms with Crippen molar-refractivity contribution in [2.45, 2.75) is 68.3 Å².